The summed E-state index contributed by atoms with van der Waals surface area (Å²) in [6, 6.07) is 11.7. The van der Waals surface area contributed by atoms with Gasteiger partial charge in [-0.25, -0.2) is 4.39 Å². The quantitative estimate of drug-likeness (QED) is 0.608. The van der Waals surface area contributed by atoms with Crippen molar-refractivity contribution in [3.05, 3.63) is 69.7 Å². The lowest BCUT2D eigenvalue weighted by atomic mass is 9.90. The van der Waals surface area contributed by atoms with Gasteiger partial charge in [0, 0.05) is 10.6 Å². The molecule has 3 rings (SSSR count). The van der Waals surface area contributed by atoms with Gasteiger partial charge in [-0.3, -0.25) is 0 Å². The number of rotatable bonds is 5. The Morgan fingerprint density at radius 1 is 1.04 bits per heavy atom. The first-order valence-corrected chi connectivity index (χ1v) is 9.58. The topological polar surface area (TPSA) is 90.2 Å². The molecule has 1 fully saturated rings. The fourth-order valence-electron chi connectivity index (χ4n) is 3.41. The molecule has 1 heterocycles. The lowest BCUT2D eigenvalue weighted by molar-refractivity contribution is -0.231. The molecule has 0 amide bonds. The highest BCUT2D eigenvalue weighted by molar-refractivity contribution is 6.31. The predicted molar refractivity (Wildman–Crippen MR) is 103 cm³/mol. The van der Waals surface area contributed by atoms with Crippen LogP contribution >= 0.6 is 11.6 Å². The van der Waals surface area contributed by atoms with Gasteiger partial charge in [0.05, 0.1) is 6.61 Å². The number of halogens is 2. The average molecular weight is 411 g/mol. The molecule has 0 saturated carbocycles. The van der Waals surface area contributed by atoms with Gasteiger partial charge in [0.2, 0.25) is 0 Å². The zero-order valence-electron chi connectivity index (χ0n) is 15.4. The first kappa shape index (κ1) is 21.2. The number of aliphatic hydroxyl groups is 4. The monoisotopic (exact) mass is 410 g/mol. The molecule has 2 aromatic rings. The van der Waals surface area contributed by atoms with Crippen LogP contribution in [0.5, 0.6) is 0 Å². The van der Waals surface area contributed by atoms with Crippen LogP contribution in [0.15, 0.2) is 42.5 Å². The van der Waals surface area contributed by atoms with Crippen LogP contribution in [0.25, 0.3) is 0 Å². The molecule has 1 aliphatic heterocycles. The Hall–Kier alpha value is -1.54. The molecule has 2 aromatic carbocycles. The molecule has 1 aliphatic rings. The van der Waals surface area contributed by atoms with Gasteiger partial charge in [0.25, 0.3) is 0 Å². The molecule has 5 nitrogen and oxygen atoms in total. The summed E-state index contributed by atoms with van der Waals surface area (Å²) in [7, 11) is 0. The van der Waals surface area contributed by atoms with Gasteiger partial charge in [0.15, 0.2) is 6.17 Å². The van der Waals surface area contributed by atoms with E-state index in [2.05, 4.69) is 0 Å². The van der Waals surface area contributed by atoms with Gasteiger partial charge >= 0.3 is 0 Å². The molecule has 152 valence electrons. The van der Waals surface area contributed by atoms with E-state index in [4.69, 9.17) is 16.3 Å². The fourth-order valence-corrected chi connectivity index (χ4v) is 3.63. The van der Waals surface area contributed by atoms with E-state index < -0.39 is 43.3 Å². The summed E-state index contributed by atoms with van der Waals surface area (Å²) in [6.07, 6.45) is -7.10. The maximum Gasteiger partial charge on any atom is 0.152 e. The van der Waals surface area contributed by atoms with E-state index in [0.29, 0.717) is 11.1 Å². The van der Waals surface area contributed by atoms with Crippen molar-refractivity contribution in [3.63, 3.8) is 0 Å². The number of alkyl halides is 1. The minimum atomic E-state index is -1.50. The average Bonchev–Trinajstić information content (AvgIpc) is 2.72. The molecule has 1 saturated heterocycles. The summed E-state index contributed by atoms with van der Waals surface area (Å²) >= 11 is 6.21. The third-order valence-electron chi connectivity index (χ3n) is 5.19. The van der Waals surface area contributed by atoms with E-state index in [1.807, 2.05) is 19.1 Å². The fraction of sp³-hybridized carbons (Fsp3) is 0.429. The molecule has 7 heteroatoms. The molecule has 0 radical (unpaired) electrons. The third-order valence-corrected chi connectivity index (χ3v) is 5.54. The van der Waals surface area contributed by atoms with Crippen LogP contribution in [-0.2, 0) is 11.2 Å². The Balaban J connectivity index is 1.92. The van der Waals surface area contributed by atoms with Gasteiger partial charge < -0.3 is 25.2 Å². The van der Waals surface area contributed by atoms with Crippen molar-refractivity contribution in [2.24, 2.45) is 0 Å². The van der Waals surface area contributed by atoms with Crippen molar-refractivity contribution in [2.75, 3.05) is 6.61 Å². The van der Waals surface area contributed by atoms with Crippen molar-refractivity contribution in [1.82, 2.24) is 0 Å². The van der Waals surface area contributed by atoms with Crippen LogP contribution in [0.4, 0.5) is 4.39 Å². The molecule has 0 aromatic heterocycles. The summed E-state index contributed by atoms with van der Waals surface area (Å²) in [5.74, 6) is 0. The van der Waals surface area contributed by atoms with Crippen LogP contribution in [0.2, 0.25) is 5.02 Å². The van der Waals surface area contributed by atoms with Crippen molar-refractivity contribution >= 4 is 11.6 Å². The maximum absolute atomic E-state index is 15.2. The number of hydrogen-bond acceptors (Lipinski definition) is 5. The highest BCUT2D eigenvalue weighted by Gasteiger charge is 2.44. The van der Waals surface area contributed by atoms with Crippen LogP contribution in [0, 0.1) is 0 Å². The predicted octanol–water partition coefficient (Wildman–Crippen LogP) is 2.48. The number of benzene rings is 2. The smallest absolute Gasteiger partial charge is 0.152 e. The normalized spacial score (nSPS) is 28.9. The molecule has 1 unspecified atom stereocenters. The van der Waals surface area contributed by atoms with E-state index >= 15 is 4.39 Å². The second kappa shape index (κ2) is 8.86. The summed E-state index contributed by atoms with van der Waals surface area (Å²) in [6.45, 7) is 1.49. The lowest BCUT2D eigenvalue weighted by Gasteiger charge is -2.40. The van der Waals surface area contributed by atoms with Crippen LogP contribution in [-0.4, -0.2) is 51.4 Å². The number of aliphatic hydroxyl groups excluding tert-OH is 4. The molecule has 6 atom stereocenters. The molecule has 28 heavy (non-hydrogen) atoms. The van der Waals surface area contributed by atoms with Crippen molar-refractivity contribution < 1.29 is 29.6 Å². The van der Waals surface area contributed by atoms with Crippen LogP contribution in [0.3, 0.4) is 0 Å². The van der Waals surface area contributed by atoms with E-state index in [1.165, 1.54) is 12.1 Å². The molecule has 0 aliphatic carbocycles. The molecular weight excluding hydrogens is 387 g/mol. The Labute approximate surface area is 168 Å². The summed E-state index contributed by atoms with van der Waals surface area (Å²) in [5, 5.41) is 39.8. The van der Waals surface area contributed by atoms with Gasteiger partial charge in [-0.05, 0) is 35.2 Å². The van der Waals surface area contributed by atoms with Gasteiger partial charge in [0.1, 0.15) is 30.5 Å². The van der Waals surface area contributed by atoms with Crippen LogP contribution < -0.4 is 0 Å². The van der Waals surface area contributed by atoms with E-state index in [0.717, 1.165) is 12.0 Å². The maximum atomic E-state index is 15.2. The number of aryl methyl sites for hydroxylation is 1. The van der Waals surface area contributed by atoms with Gasteiger partial charge in [-0.2, -0.15) is 0 Å². The van der Waals surface area contributed by atoms with Crippen molar-refractivity contribution in [1.29, 1.82) is 0 Å². The Morgan fingerprint density at radius 3 is 2.32 bits per heavy atom. The van der Waals surface area contributed by atoms with Crippen molar-refractivity contribution in [3.8, 4) is 0 Å². The Morgan fingerprint density at radius 2 is 1.71 bits per heavy atom. The molecule has 0 bridgehead atoms. The summed E-state index contributed by atoms with van der Waals surface area (Å²) < 4.78 is 20.7. The highest BCUT2D eigenvalue weighted by Crippen LogP contribution is 2.37. The minimum Gasteiger partial charge on any atom is -0.394 e. The number of hydrogen-bond donors (Lipinski definition) is 4. The Bertz CT molecular complexity index is 798. The first-order chi connectivity index (χ1) is 13.4. The lowest BCUT2D eigenvalue weighted by Crippen LogP contribution is -2.55. The largest absolute Gasteiger partial charge is 0.394 e. The molecular formula is C21H24ClFO5. The third kappa shape index (κ3) is 4.08. The Kier molecular flexibility index (Phi) is 6.70. The molecule has 0 spiro atoms. The second-order valence-electron chi connectivity index (χ2n) is 6.99. The number of ether oxygens (including phenoxy) is 1. The summed E-state index contributed by atoms with van der Waals surface area (Å²) in [5.41, 5.74) is 2.15. The van der Waals surface area contributed by atoms with E-state index in [-0.39, 0.29) is 10.6 Å². The SMILES string of the molecule is CCc1ccc(C(F)c2cc([C@@H]3O[C@H](CO)[C@@H](O)[C@H](O)[C@H]3O)ccc2Cl)cc1. The van der Waals surface area contributed by atoms with Crippen molar-refractivity contribution in [2.45, 2.75) is 50.0 Å². The minimum absolute atomic E-state index is 0.209. The summed E-state index contributed by atoms with van der Waals surface area (Å²) in [4.78, 5) is 0. The standard InChI is InChI=1S/C21H24ClFO5/c1-2-11-3-5-12(6-4-11)17(23)14-9-13(7-8-15(14)22)21-20(27)19(26)18(25)16(10-24)28-21/h3-9,16-21,24-27H,2,10H2,1H3/t16-,17?,18-,19+,20-,21+/m1/s1. The highest BCUT2D eigenvalue weighted by atomic mass is 35.5. The van der Waals surface area contributed by atoms with Gasteiger partial charge in [-0.1, -0.05) is 48.9 Å². The second-order valence-corrected chi connectivity index (χ2v) is 7.40. The zero-order chi connectivity index (χ0) is 20.4. The van der Waals surface area contributed by atoms with Crippen LogP contribution in [0.1, 0.15) is 41.5 Å². The first-order valence-electron chi connectivity index (χ1n) is 9.20. The molecule has 4 N–H and O–H groups in total. The van der Waals surface area contributed by atoms with E-state index in [9.17, 15) is 20.4 Å². The van der Waals surface area contributed by atoms with E-state index in [1.54, 1.807) is 18.2 Å². The zero-order valence-corrected chi connectivity index (χ0v) is 16.1. The van der Waals surface area contributed by atoms with Gasteiger partial charge in [-0.15, -0.1) is 0 Å².